The number of benzene rings is 1. The number of anilines is 1. The van der Waals surface area contributed by atoms with Gasteiger partial charge in [-0.1, -0.05) is 40.7 Å². The molecule has 0 bridgehead atoms. The van der Waals surface area contributed by atoms with E-state index in [9.17, 15) is 48.7 Å². The number of carbonyl (C=O) groups excluding carboxylic acids is 8. The molecule has 0 saturated carbocycles. The minimum absolute atomic E-state index is 0.0314. The maximum absolute atomic E-state index is 14.3. The molecule has 1 aromatic carbocycles. The van der Waals surface area contributed by atoms with E-state index < -0.39 is 83.2 Å². The summed E-state index contributed by atoms with van der Waals surface area (Å²) < 4.78 is 16.7. The van der Waals surface area contributed by atoms with Gasteiger partial charge in [-0.2, -0.15) is 5.26 Å². The summed E-state index contributed by atoms with van der Waals surface area (Å²) in [5.74, 6) is -4.15. The first kappa shape index (κ1) is 52.3. The monoisotopic (exact) mass is 937 g/mol. The average molecular weight is 938 g/mol. The molecule has 3 fully saturated rings. The van der Waals surface area contributed by atoms with E-state index in [1.807, 2.05) is 13.8 Å². The van der Waals surface area contributed by atoms with Crippen LogP contribution in [0.1, 0.15) is 102 Å². The lowest BCUT2D eigenvalue weighted by molar-refractivity contribution is -0.145. The van der Waals surface area contributed by atoms with Crippen LogP contribution in [0.3, 0.4) is 0 Å². The van der Waals surface area contributed by atoms with Crippen LogP contribution < -0.4 is 31.9 Å². The number of ether oxygens (including phenoxy) is 3. The zero-order valence-electron chi connectivity index (χ0n) is 39.3. The number of rotatable bonds is 23. The highest BCUT2D eigenvalue weighted by molar-refractivity contribution is 6.06. The molecule has 4 heterocycles. The Morgan fingerprint density at radius 2 is 1.60 bits per heavy atom. The number of piperidine rings is 1. The molecular weight excluding hydrogens is 871 g/mol. The van der Waals surface area contributed by atoms with E-state index in [1.165, 1.54) is 11.8 Å². The summed E-state index contributed by atoms with van der Waals surface area (Å²) in [6, 6.07) is 2.28. The van der Waals surface area contributed by atoms with Crippen LogP contribution in [0.15, 0.2) is 18.2 Å². The summed E-state index contributed by atoms with van der Waals surface area (Å²) in [6.45, 7) is 13.4. The molecule has 5 unspecified atom stereocenters. The van der Waals surface area contributed by atoms with Gasteiger partial charge in [-0.3, -0.25) is 48.6 Å². The number of likely N-dealkylation sites (tertiary alicyclic amines) is 1. The van der Waals surface area contributed by atoms with E-state index in [0.29, 0.717) is 37.2 Å². The molecule has 5 rings (SSSR count). The SMILES string of the molecule is CC(C)C1CCN(C(=O)[C@@H](NC(=O)[C@H](C)NC(=O)CCOCCOCCOCCNc2cccc3c2C(O)N(C2CCC(=O)NC2=O)C3=O)C(C)(C)C)C1C(=O)N[C@H](C#N)CC1CCNC1=O. The number of hydrogen-bond donors (Lipinski definition) is 7. The number of aliphatic hydroxyl groups is 1. The molecule has 0 radical (unpaired) electrons. The van der Waals surface area contributed by atoms with Gasteiger partial charge in [-0.15, -0.1) is 0 Å². The summed E-state index contributed by atoms with van der Waals surface area (Å²) in [5.41, 5.74) is 0.378. The molecule has 0 aliphatic carbocycles. The third kappa shape index (κ3) is 13.5. The first-order valence-corrected chi connectivity index (χ1v) is 23.2. The molecule has 0 aromatic heterocycles. The van der Waals surface area contributed by atoms with Gasteiger partial charge in [0.05, 0.1) is 45.7 Å². The smallest absolute Gasteiger partial charge is 0.257 e. The third-order valence-electron chi connectivity index (χ3n) is 12.6. The number of aliphatic hydroxyl groups excluding tert-OH is 1. The Hall–Kier alpha value is -5.69. The van der Waals surface area contributed by atoms with Crippen molar-refractivity contribution < 1.29 is 57.7 Å². The van der Waals surface area contributed by atoms with Crippen molar-refractivity contribution in [1.29, 1.82) is 5.26 Å². The summed E-state index contributed by atoms with van der Waals surface area (Å²) in [5, 5.41) is 37.3. The predicted octanol–water partition coefficient (Wildman–Crippen LogP) is 0.234. The first-order valence-electron chi connectivity index (χ1n) is 23.2. The Labute approximate surface area is 391 Å². The molecule has 368 valence electrons. The van der Waals surface area contributed by atoms with Crippen LogP contribution >= 0.6 is 0 Å². The highest BCUT2D eigenvalue weighted by Crippen LogP contribution is 2.39. The number of nitrogens with zero attached hydrogens (tertiary/aromatic N) is 3. The Bertz CT molecular complexity index is 2040. The van der Waals surface area contributed by atoms with Crippen LogP contribution in [-0.4, -0.2) is 152 Å². The third-order valence-corrected chi connectivity index (χ3v) is 12.6. The highest BCUT2D eigenvalue weighted by atomic mass is 16.5. The fourth-order valence-electron chi connectivity index (χ4n) is 8.91. The van der Waals surface area contributed by atoms with Crippen LogP contribution in [-0.2, 0) is 47.8 Å². The van der Waals surface area contributed by atoms with Crippen molar-refractivity contribution >= 4 is 52.9 Å². The van der Waals surface area contributed by atoms with Gasteiger partial charge in [-0.25, -0.2) is 0 Å². The summed E-state index contributed by atoms with van der Waals surface area (Å²) in [7, 11) is 0. The van der Waals surface area contributed by atoms with Gasteiger partial charge in [-0.05, 0) is 62.0 Å². The van der Waals surface area contributed by atoms with Crippen LogP contribution in [0.2, 0.25) is 0 Å². The number of nitrogens with one attached hydrogen (secondary N) is 6. The van der Waals surface area contributed by atoms with E-state index in [-0.39, 0.29) is 101 Å². The van der Waals surface area contributed by atoms with Gasteiger partial charge in [0, 0.05) is 55.2 Å². The van der Waals surface area contributed by atoms with Crippen molar-refractivity contribution in [3.63, 3.8) is 0 Å². The van der Waals surface area contributed by atoms with E-state index >= 15 is 0 Å². The number of fused-ring (bicyclic) bond motifs is 1. The van der Waals surface area contributed by atoms with Crippen molar-refractivity contribution in [3.05, 3.63) is 29.3 Å². The van der Waals surface area contributed by atoms with Gasteiger partial charge in [0.15, 0.2) is 6.23 Å². The van der Waals surface area contributed by atoms with E-state index in [0.717, 1.165) is 4.90 Å². The van der Waals surface area contributed by atoms with Gasteiger partial charge in [0.25, 0.3) is 5.91 Å². The number of nitriles is 1. The molecule has 7 N–H and O–H groups in total. The molecule has 8 atom stereocenters. The van der Waals surface area contributed by atoms with E-state index in [2.05, 4.69) is 38.0 Å². The zero-order valence-corrected chi connectivity index (χ0v) is 39.3. The second-order valence-corrected chi connectivity index (χ2v) is 18.8. The maximum Gasteiger partial charge on any atom is 0.257 e. The molecule has 21 nitrogen and oxygen atoms in total. The topological polar surface area (TPSA) is 287 Å². The van der Waals surface area contributed by atoms with Gasteiger partial charge in [0.1, 0.15) is 30.2 Å². The molecule has 8 amide bonds. The molecule has 21 heteroatoms. The fraction of sp³-hybridized carbons (Fsp3) is 0.674. The van der Waals surface area contributed by atoms with Crippen molar-refractivity contribution in [2.45, 2.75) is 117 Å². The number of carbonyl (C=O) groups is 8. The summed E-state index contributed by atoms with van der Waals surface area (Å²) >= 11 is 0. The van der Waals surface area contributed by atoms with Crippen LogP contribution in [0.4, 0.5) is 5.69 Å². The summed E-state index contributed by atoms with van der Waals surface area (Å²) in [6.07, 6.45) is 0.108. The second-order valence-electron chi connectivity index (χ2n) is 18.8. The molecular formula is C46H67N9O12. The van der Waals surface area contributed by atoms with Crippen molar-refractivity contribution in [2.75, 3.05) is 64.6 Å². The van der Waals surface area contributed by atoms with Crippen LogP contribution in [0.25, 0.3) is 0 Å². The minimum atomic E-state index is -1.36. The minimum Gasteiger partial charge on any atom is -0.382 e. The first-order chi connectivity index (χ1) is 31.8. The number of imide groups is 1. The lowest BCUT2D eigenvalue weighted by atomic mass is 9.84. The Morgan fingerprint density at radius 3 is 2.22 bits per heavy atom. The molecule has 4 aliphatic heterocycles. The quantitative estimate of drug-likeness (QED) is 0.0572. The van der Waals surface area contributed by atoms with E-state index in [4.69, 9.17) is 14.2 Å². The standard InChI is InChI=1S/C46H67N9O12/c1-26(2)30-13-17-54(37(30)42(61)51-29(25-47)24-28-12-15-49-40(28)59)45(64)38(46(4,5)6)53-39(58)27(3)50-35(57)14-18-65-20-22-67-23-21-66-19-16-48-32-9-7-8-31-36(32)44(63)55(43(31)62)33-10-11-34(56)52-41(33)60/h7-9,26-30,33,37-38,44,48,63H,10-24H2,1-6H3,(H,49,59)(H,50,57)(H,51,61)(H,53,58)(H,52,56,60)/t27-,28?,29-,30?,33?,37?,38+,44?/m0/s1. The lowest BCUT2D eigenvalue weighted by Gasteiger charge is -2.37. The predicted molar refractivity (Wildman–Crippen MR) is 240 cm³/mol. The Balaban J connectivity index is 0.969. The largest absolute Gasteiger partial charge is 0.382 e. The van der Waals surface area contributed by atoms with Gasteiger partial charge >= 0.3 is 0 Å². The molecule has 4 aliphatic rings. The lowest BCUT2D eigenvalue weighted by Crippen LogP contribution is -2.61. The molecule has 1 aromatic rings. The van der Waals surface area contributed by atoms with Gasteiger partial charge in [0.2, 0.25) is 41.4 Å². The highest BCUT2D eigenvalue weighted by Gasteiger charge is 2.48. The van der Waals surface area contributed by atoms with Crippen molar-refractivity contribution in [1.82, 2.24) is 36.4 Å². The molecule has 3 saturated heterocycles. The normalized spacial score (nSPS) is 22.9. The molecule has 67 heavy (non-hydrogen) atoms. The second kappa shape index (κ2) is 23.9. The van der Waals surface area contributed by atoms with Gasteiger partial charge < -0.3 is 50.8 Å². The number of amides is 8. The molecule has 0 spiro atoms. The zero-order chi connectivity index (χ0) is 49.0. The fourth-order valence-corrected chi connectivity index (χ4v) is 8.91. The Kier molecular flexibility index (Phi) is 18.6. The average Bonchev–Trinajstić information content (AvgIpc) is 3.98. The van der Waals surface area contributed by atoms with E-state index in [1.54, 1.807) is 39.0 Å². The maximum atomic E-state index is 14.3. The Morgan fingerprint density at radius 1 is 0.910 bits per heavy atom. The van der Waals surface area contributed by atoms with Crippen molar-refractivity contribution in [3.8, 4) is 6.07 Å². The number of hydrogen-bond acceptors (Lipinski definition) is 14. The van der Waals surface area contributed by atoms with Crippen molar-refractivity contribution in [2.24, 2.45) is 23.2 Å². The van der Waals surface area contributed by atoms with Crippen LogP contribution in [0.5, 0.6) is 0 Å². The summed E-state index contributed by atoms with van der Waals surface area (Å²) in [4.78, 5) is 106. The van der Waals surface area contributed by atoms with Crippen LogP contribution in [0, 0.1) is 34.5 Å².